The molecule has 0 aliphatic heterocycles. The molecule has 0 atom stereocenters. The number of amides is 1. The van der Waals surface area contributed by atoms with Gasteiger partial charge in [-0.05, 0) is 28.1 Å². The molecule has 0 radical (unpaired) electrons. The van der Waals surface area contributed by atoms with Gasteiger partial charge in [-0.2, -0.15) is 0 Å². The molecular formula is C11H11BrFN5O. The Bertz CT molecular complexity index is 601. The second kappa shape index (κ2) is 5.89. The van der Waals surface area contributed by atoms with Crippen molar-refractivity contribution in [3.63, 3.8) is 0 Å². The number of rotatable bonds is 4. The average molecular weight is 328 g/mol. The SMILES string of the molecule is NCC(=O)NCc1cn(-c2cc(F)ccc2Br)nn1. The number of hydrogen-bond acceptors (Lipinski definition) is 4. The third kappa shape index (κ3) is 3.36. The maximum absolute atomic E-state index is 13.2. The van der Waals surface area contributed by atoms with Crippen molar-refractivity contribution in [1.29, 1.82) is 0 Å². The largest absolute Gasteiger partial charge is 0.349 e. The van der Waals surface area contributed by atoms with Crippen molar-refractivity contribution in [1.82, 2.24) is 20.3 Å². The van der Waals surface area contributed by atoms with Crippen molar-refractivity contribution in [3.05, 3.63) is 40.4 Å². The normalized spacial score (nSPS) is 10.5. The first-order valence-corrected chi connectivity index (χ1v) is 6.23. The zero-order chi connectivity index (χ0) is 13.8. The van der Waals surface area contributed by atoms with Gasteiger partial charge < -0.3 is 11.1 Å². The lowest BCUT2D eigenvalue weighted by atomic mass is 10.3. The molecule has 6 nitrogen and oxygen atoms in total. The van der Waals surface area contributed by atoms with E-state index in [9.17, 15) is 9.18 Å². The monoisotopic (exact) mass is 327 g/mol. The second-order valence-corrected chi connectivity index (χ2v) is 4.59. The fourth-order valence-corrected chi connectivity index (χ4v) is 1.85. The maximum atomic E-state index is 13.2. The standard InChI is InChI=1S/C11H11BrFN5O/c12-9-2-1-7(13)3-10(9)18-6-8(16-17-18)5-15-11(19)4-14/h1-3,6H,4-5,14H2,(H,15,19). The highest BCUT2D eigenvalue weighted by Crippen LogP contribution is 2.21. The van der Waals surface area contributed by atoms with Gasteiger partial charge in [0.15, 0.2) is 0 Å². The van der Waals surface area contributed by atoms with Crippen LogP contribution in [0, 0.1) is 5.82 Å². The van der Waals surface area contributed by atoms with E-state index in [-0.39, 0.29) is 24.8 Å². The average Bonchev–Trinajstić information content (AvgIpc) is 2.87. The summed E-state index contributed by atoms with van der Waals surface area (Å²) in [5.74, 6) is -0.645. The van der Waals surface area contributed by atoms with E-state index in [0.29, 0.717) is 15.9 Å². The van der Waals surface area contributed by atoms with Gasteiger partial charge in [-0.25, -0.2) is 9.07 Å². The Kier molecular flexibility index (Phi) is 4.23. The minimum Gasteiger partial charge on any atom is -0.349 e. The summed E-state index contributed by atoms with van der Waals surface area (Å²) in [5.41, 5.74) is 6.25. The predicted octanol–water partition coefficient (Wildman–Crippen LogP) is 0.744. The molecule has 0 saturated carbocycles. The van der Waals surface area contributed by atoms with Crippen LogP contribution in [-0.4, -0.2) is 27.4 Å². The molecule has 1 amide bonds. The number of benzene rings is 1. The van der Waals surface area contributed by atoms with Crippen LogP contribution >= 0.6 is 15.9 Å². The van der Waals surface area contributed by atoms with Gasteiger partial charge in [0.05, 0.1) is 25.0 Å². The van der Waals surface area contributed by atoms with E-state index in [0.717, 1.165) is 0 Å². The molecule has 3 N–H and O–H groups in total. The van der Waals surface area contributed by atoms with E-state index in [4.69, 9.17) is 5.73 Å². The number of hydrogen-bond donors (Lipinski definition) is 2. The fraction of sp³-hybridized carbons (Fsp3) is 0.182. The van der Waals surface area contributed by atoms with Crippen LogP contribution in [-0.2, 0) is 11.3 Å². The first-order valence-electron chi connectivity index (χ1n) is 5.43. The van der Waals surface area contributed by atoms with Gasteiger partial charge in [0, 0.05) is 10.5 Å². The maximum Gasteiger partial charge on any atom is 0.234 e. The van der Waals surface area contributed by atoms with Crippen molar-refractivity contribution < 1.29 is 9.18 Å². The quantitative estimate of drug-likeness (QED) is 0.867. The summed E-state index contributed by atoms with van der Waals surface area (Å²) in [6.45, 7) is 0.145. The number of nitrogens with one attached hydrogen (secondary N) is 1. The first-order chi connectivity index (χ1) is 9.10. The minimum absolute atomic E-state index is 0.0798. The molecule has 1 aromatic carbocycles. The van der Waals surface area contributed by atoms with E-state index in [1.807, 2.05) is 0 Å². The summed E-state index contributed by atoms with van der Waals surface area (Å²) in [7, 11) is 0. The van der Waals surface area contributed by atoms with Crippen molar-refractivity contribution >= 4 is 21.8 Å². The molecule has 1 heterocycles. The molecule has 8 heteroatoms. The highest BCUT2D eigenvalue weighted by Gasteiger charge is 2.08. The molecular weight excluding hydrogens is 317 g/mol. The lowest BCUT2D eigenvalue weighted by molar-refractivity contribution is -0.119. The predicted molar refractivity (Wildman–Crippen MR) is 69.9 cm³/mol. The van der Waals surface area contributed by atoms with Crippen LogP contribution in [0.25, 0.3) is 5.69 Å². The molecule has 19 heavy (non-hydrogen) atoms. The van der Waals surface area contributed by atoms with Gasteiger partial charge in [0.2, 0.25) is 5.91 Å². The van der Waals surface area contributed by atoms with Gasteiger partial charge in [-0.1, -0.05) is 5.21 Å². The lowest BCUT2D eigenvalue weighted by Gasteiger charge is -2.03. The van der Waals surface area contributed by atoms with Crippen molar-refractivity contribution in [2.45, 2.75) is 6.54 Å². The number of nitrogens with zero attached hydrogens (tertiary/aromatic N) is 3. The van der Waals surface area contributed by atoms with Gasteiger partial charge >= 0.3 is 0 Å². The first kappa shape index (κ1) is 13.6. The Labute approximate surface area is 116 Å². The van der Waals surface area contributed by atoms with Crippen LogP contribution in [0.2, 0.25) is 0 Å². The Balaban J connectivity index is 2.16. The number of carbonyl (C=O) groups excluding carboxylic acids is 1. The van der Waals surface area contributed by atoms with Crippen molar-refractivity contribution in [2.24, 2.45) is 5.73 Å². The lowest BCUT2D eigenvalue weighted by Crippen LogP contribution is -2.29. The van der Waals surface area contributed by atoms with Crippen LogP contribution in [0.1, 0.15) is 5.69 Å². The van der Waals surface area contributed by atoms with E-state index < -0.39 is 0 Å². The van der Waals surface area contributed by atoms with Crippen LogP contribution in [0.5, 0.6) is 0 Å². The van der Waals surface area contributed by atoms with E-state index in [2.05, 4.69) is 31.6 Å². The fourth-order valence-electron chi connectivity index (χ4n) is 1.42. The van der Waals surface area contributed by atoms with Crippen molar-refractivity contribution in [2.75, 3.05) is 6.54 Å². The molecule has 2 rings (SSSR count). The molecule has 0 bridgehead atoms. The van der Waals surface area contributed by atoms with Gasteiger partial charge in [0.1, 0.15) is 11.5 Å². The number of carbonyl (C=O) groups is 1. The van der Waals surface area contributed by atoms with E-state index in [1.165, 1.54) is 16.8 Å². The van der Waals surface area contributed by atoms with Crippen molar-refractivity contribution in [3.8, 4) is 5.69 Å². The molecule has 0 fully saturated rings. The molecule has 0 aliphatic rings. The van der Waals surface area contributed by atoms with Crippen LogP contribution in [0.15, 0.2) is 28.9 Å². The summed E-state index contributed by atoms with van der Waals surface area (Å²) in [6.07, 6.45) is 1.61. The summed E-state index contributed by atoms with van der Waals surface area (Å²) in [4.78, 5) is 11.0. The molecule has 0 spiro atoms. The molecule has 2 aromatic rings. The smallest absolute Gasteiger partial charge is 0.234 e. The second-order valence-electron chi connectivity index (χ2n) is 3.73. The highest BCUT2D eigenvalue weighted by molar-refractivity contribution is 9.10. The summed E-state index contributed by atoms with van der Waals surface area (Å²) < 4.78 is 15.3. The van der Waals surface area contributed by atoms with Gasteiger partial charge in [-0.15, -0.1) is 5.10 Å². The topological polar surface area (TPSA) is 85.8 Å². The highest BCUT2D eigenvalue weighted by atomic mass is 79.9. The third-order valence-corrected chi connectivity index (χ3v) is 3.02. The minimum atomic E-state index is -0.369. The Morgan fingerprint density at radius 3 is 3.05 bits per heavy atom. The Morgan fingerprint density at radius 1 is 1.53 bits per heavy atom. The van der Waals surface area contributed by atoms with Gasteiger partial charge in [0.25, 0.3) is 0 Å². The van der Waals surface area contributed by atoms with Gasteiger partial charge in [-0.3, -0.25) is 4.79 Å². The summed E-state index contributed by atoms with van der Waals surface area (Å²) in [5, 5.41) is 10.3. The number of halogens is 2. The molecule has 100 valence electrons. The van der Waals surface area contributed by atoms with E-state index >= 15 is 0 Å². The molecule has 1 aromatic heterocycles. The number of nitrogens with two attached hydrogens (primary N) is 1. The van der Waals surface area contributed by atoms with Crippen LogP contribution in [0.4, 0.5) is 4.39 Å². The molecule has 0 saturated heterocycles. The van der Waals surface area contributed by atoms with Crippen LogP contribution < -0.4 is 11.1 Å². The zero-order valence-corrected chi connectivity index (χ0v) is 11.4. The van der Waals surface area contributed by atoms with Crippen LogP contribution in [0.3, 0.4) is 0 Å². The summed E-state index contributed by atoms with van der Waals surface area (Å²) >= 11 is 3.31. The molecule has 0 aliphatic carbocycles. The molecule has 0 unspecified atom stereocenters. The number of aromatic nitrogens is 3. The summed E-state index contributed by atoms with van der Waals surface area (Å²) in [6, 6.07) is 4.26. The Hall–Kier alpha value is -1.80. The zero-order valence-electron chi connectivity index (χ0n) is 9.81. The van der Waals surface area contributed by atoms with E-state index in [1.54, 1.807) is 12.3 Å². The third-order valence-electron chi connectivity index (χ3n) is 2.35. The Morgan fingerprint density at radius 2 is 2.32 bits per heavy atom.